The van der Waals surface area contributed by atoms with Gasteiger partial charge in [-0.25, -0.2) is 4.68 Å². The van der Waals surface area contributed by atoms with E-state index < -0.39 is 35.3 Å². The van der Waals surface area contributed by atoms with Crippen LogP contribution in [0.3, 0.4) is 0 Å². The molecule has 0 spiro atoms. The number of aliphatic carboxylic acids is 1. The van der Waals surface area contributed by atoms with E-state index in [4.69, 9.17) is 4.74 Å². The van der Waals surface area contributed by atoms with Gasteiger partial charge in [0.05, 0.1) is 11.7 Å². The van der Waals surface area contributed by atoms with E-state index in [1.54, 1.807) is 37.4 Å². The molecule has 1 aromatic heterocycles. The fourth-order valence-corrected chi connectivity index (χ4v) is 5.82. The molecule has 1 fully saturated rings. The van der Waals surface area contributed by atoms with Crippen molar-refractivity contribution in [1.29, 1.82) is 0 Å². The number of aryl methyl sites for hydroxylation is 1. The van der Waals surface area contributed by atoms with Crippen LogP contribution in [0.2, 0.25) is 0 Å². The Hall–Kier alpha value is -2.79. The van der Waals surface area contributed by atoms with E-state index in [9.17, 15) is 24.3 Å². The number of β-lactam (4-membered cyclic amide) rings is 1. The predicted molar refractivity (Wildman–Crippen MR) is 113 cm³/mol. The molecule has 1 aromatic carbocycles. The first kappa shape index (κ1) is 25.8. The molecule has 3 atom stereocenters. The number of ether oxygens (including phenoxy) is 1. The normalized spacial score (nSPS) is 19.9. The maximum Gasteiger partial charge on any atom is 1.00 e. The zero-order chi connectivity index (χ0) is 23.5. The second-order valence-corrected chi connectivity index (χ2v) is 9.08. The Morgan fingerprint density at radius 1 is 1.38 bits per heavy atom. The number of tetrazole rings is 1. The molecule has 3 heterocycles. The summed E-state index contributed by atoms with van der Waals surface area (Å²) in [5.74, 6) is -2.17. The summed E-state index contributed by atoms with van der Waals surface area (Å²) in [7, 11) is 1.66. The van der Waals surface area contributed by atoms with Gasteiger partial charge in [0.1, 0.15) is 11.4 Å². The number of amides is 2. The smallest absolute Gasteiger partial charge is 0.543 e. The molecule has 2 aliphatic heterocycles. The Balaban J connectivity index is 0.00000324. The minimum atomic E-state index is -1.48. The van der Waals surface area contributed by atoms with Gasteiger partial charge in [0, 0.05) is 24.1 Å². The molecule has 2 aliphatic rings. The first-order valence-corrected chi connectivity index (χ1v) is 11.6. The Labute approximate surface area is 214 Å². The second-order valence-electron chi connectivity index (χ2n) is 7.03. The summed E-state index contributed by atoms with van der Waals surface area (Å²) in [5, 5.41) is 25.4. The quantitative estimate of drug-likeness (QED) is 0.155. The first-order chi connectivity index (χ1) is 15.9. The Kier molecular flexibility index (Phi) is 8.42. The maximum absolute atomic E-state index is 12.8. The molecule has 34 heavy (non-hydrogen) atoms. The third-order valence-electron chi connectivity index (χ3n) is 5.03. The minimum Gasteiger partial charge on any atom is -0.543 e. The van der Waals surface area contributed by atoms with E-state index in [0.717, 1.165) is 4.90 Å². The summed E-state index contributed by atoms with van der Waals surface area (Å²) in [6, 6.07) is 7.39. The SMILES string of the molecule is Cn1nnnc1SCC1=C(C(=O)[O-])N2C(=O)[C@@H](NC(=O)[C@H](OC=O)c3ccccc3)[C@H]2SC1.[Li+]. The number of nitrogens with one attached hydrogen (secondary N) is 1. The van der Waals surface area contributed by atoms with Crippen LogP contribution < -0.4 is 29.3 Å². The molecule has 0 aliphatic carbocycles. The Morgan fingerprint density at radius 3 is 2.74 bits per heavy atom. The van der Waals surface area contributed by atoms with Crippen LogP contribution in [0, 0.1) is 0 Å². The average molecular weight is 496 g/mol. The molecule has 15 heteroatoms. The molecule has 0 unspecified atom stereocenters. The number of carboxylic acid groups (broad SMARTS) is 1. The van der Waals surface area contributed by atoms with Crippen molar-refractivity contribution in [2.45, 2.75) is 22.7 Å². The molecule has 0 saturated carbocycles. The van der Waals surface area contributed by atoms with E-state index >= 15 is 0 Å². The third kappa shape index (κ3) is 5.00. The van der Waals surface area contributed by atoms with Gasteiger partial charge in [-0.3, -0.25) is 19.3 Å². The van der Waals surface area contributed by atoms with E-state index in [1.165, 1.54) is 28.2 Å². The molecule has 1 N–H and O–H groups in total. The van der Waals surface area contributed by atoms with Crippen LogP contribution in [0.15, 0.2) is 46.8 Å². The van der Waals surface area contributed by atoms with Gasteiger partial charge in [-0.1, -0.05) is 42.1 Å². The molecule has 0 bridgehead atoms. The Bertz CT molecular complexity index is 1130. The van der Waals surface area contributed by atoms with E-state index in [-0.39, 0.29) is 36.8 Å². The number of carbonyl (C=O) groups excluding carboxylic acids is 4. The van der Waals surface area contributed by atoms with Crippen LogP contribution in [0.25, 0.3) is 0 Å². The number of aromatic nitrogens is 4. The molecular weight excluding hydrogens is 479 g/mol. The maximum atomic E-state index is 12.8. The summed E-state index contributed by atoms with van der Waals surface area (Å²) >= 11 is 2.55. The van der Waals surface area contributed by atoms with Crippen molar-refractivity contribution in [1.82, 2.24) is 30.4 Å². The molecule has 0 radical (unpaired) electrons. The van der Waals surface area contributed by atoms with Crippen LogP contribution in [-0.2, 0) is 31.0 Å². The number of carbonyl (C=O) groups is 4. The number of hydrogen-bond donors (Lipinski definition) is 1. The van der Waals surface area contributed by atoms with Crippen molar-refractivity contribution >= 4 is 47.8 Å². The largest absolute Gasteiger partial charge is 1.00 e. The number of rotatable bonds is 9. The van der Waals surface area contributed by atoms with Gasteiger partial charge in [0.2, 0.25) is 11.3 Å². The van der Waals surface area contributed by atoms with Gasteiger partial charge < -0.3 is 20.0 Å². The van der Waals surface area contributed by atoms with Crippen molar-refractivity contribution in [3.8, 4) is 0 Å². The second kappa shape index (κ2) is 11.1. The monoisotopic (exact) mass is 496 g/mol. The number of benzene rings is 1. The summed E-state index contributed by atoms with van der Waals surface area (Å²) in [6.07, 6.45) is -1.23. The van der Waals surface area contributed by atoms with Crippen LogP contribution in [0.1, 0.15) is 11.7 Å². The minimum absolute atomic E-state index is 0. The number of nitrogens with zero attached hydrogens (tertiary/aromatic N) is 5. The standard InChI is InChI=1S/C19H18N6O6S2.Li/c1-24-19(21-22-23-24)33-8-11-7-32-17-12(16(28)25(17)13(11)18(29)30)20-15(27)14(31-9-26)10-5-3-2-4-6-10;/h2-6,9,12,14,17H,7-8H2,1H3,(H,20,27)(H,29,30);/q;+1/p-1/t12-,14-,17-;/m1./s1. The fraction of sp³-hybridized carbons (Fsp3) is 0.316. The van der Waals surface area contributed by atoms with Crippen LogP contribution >= 0.6 is 23.5 Å². The predicted octanol–water partition coefficient (Wildman–Crippen LogP) is -4.38. The summed E-state index contributed by atoms with van der Waals surface area (Å²) in [5.41, 5.74) is 0.726. The molecule has 2 aromatic rings. The first-order valence-electron chi connectivity index (χ1n) is 9.60. The van der Waals surface area contributed by atoms with Crippen molar-refractivity contribution in [3.63, 3.8) is 0 Å². The number of fused-ring (bicyclic) bond motifs is 1. The van der Waals surface area contributed by atoms with Gasteiger partial charge in [0.15, 0.2) is 0 Å². The van der Waals surface area contributed by atoms with Crippen molar-refractivity contribution in [2.75, 3.05) is 11.5 Å². The van der Waals surface area contributed by atoms with Gasteiger partial charge in [-0.05, 0) is 16.0 Å². The van der Waals surface area contributed by atoms with Crippen LogP contribution in [0.5, 0.6) is 0 Å². The molecule has 12 nitrogen and oxygen atoms in total. The van der Waals surface area contributed by atoms with Gasteiger partial charge in [0.25, 0.3) is 18.3 Å². The van der Waals surface area contributed by atoms with Gasteiger partial charge in [-0.2, -0.15) is 0 Å². The van der Waals surface area contributed by atoms with E-state index in [0.29, 0.717) is 22.0 Å². The summed E-state index contributed by atoms with van der Waals surface area (Å²) in [6.45, 7) is 0.162. The van der Waals surface area contributed by atoms with Gasteiger partial charge >= 0.3 is 18.9 Å². The molecule has 4 rings (SSSR count). The number of hydrogen-bond acceptors (Lipinski definition) is 11. The fourth-order valence-electron chi connectivity index (χ4n) is 3.48. The molecular formula is C19H17LiN6O6S2. The topological polar surface area (TPSA) is 159 Å². The number of carboxylic acids is 1. The van der Waals surface area contributed by atoms with Gasteiger partial charge in [-0.15, -0.1) is 16.9 Å². The van der Waals surface area contributed by atoms with Crippen molar-refractivity contribution in [2.24, 2.45) is 7.05 Å². The van der Waals surface area contributed by atoms with Crippen LogP contribution in [0.4, 0.5) is 0 Å². The summed E-state index contributed by atoms with van der Waals surface area (Å²) in [4.78, 5) is 49.5. The van der Waals surface area contributed by atoms with E-state index in [2.05, 4.69) is 20.8 Å². The van der Waals surface area contributed by atoms with Crippen molar-refractivity contribution < 1.29 is 47.9 Å². The zero-order valence-corrected chi connectivity index (χ0v) is 19.7. The third-order valence-corrected chi connectivity index (χ3v) is 7.46. The van der Waals surface area contributed by atoms with Crippen LogP contribution in [-0.4, -0.2) is 72.3 Å². The number of thioether (sulfide) groups is 2. The average Bonchev–Trinajstić information content (AvgIpc) is 3.23. The molecule has 1 saturated heterocycles. The molecule has 2 amide bonds. The van der Waals surface area contributed by atoms with E-state index in [1.807, 2.05) is 0 Å². The molecule has 172 valence electrons. The Morgan fingerprint density at radius 2 is 2.12 bits per heavy atom. The zero-order valence-electron chi connectivity index (χ0n) is 18.1. The van der Waals surface area contributed by atoms with Crippen molar-refractivity contribution in [3.05, 3.63) is 47.2 Å². The summed E-state index contributed by atoms with van der Waals surface area (Å²) < 4.78 is 6.38.